The second-order valence-corrected chi connectivity index (χ2v) is 20.7. The molecule has 63 heavy (non-hydrogen) atoms. The minimum absolute atomic E-state index is 0.0198. The highest BCUT2D eigenvalue weighted by molar-refractivity contribution is 5.98. The SMILES string of the molecule is [2H]c1nc(-c2cc(-c3cccc4c3nc(-c3cc(C(C)(C)C)cc(C(C)(C)C)c3O)n4-c3ccc(C([2H])([2H])[2H])cc3-c3ccc(C(C)(C)C)cc3)cc(C(C)(C)C)c2)c([2H])c(-c2c([2H])c([2H])c([2H])c([2H])c2[2H])c1[2H]. The molecule has 0 fully saturated rings. The highest BCUT2D eigenvalue weighted by Gasteiger charge is 2.30. The van der Waals surface area contributed by atoms with Gasteiger partial charge in [-0.15, -0.1) is 0 Å². The molecule has 0 atom stereocenters. The highest BCUT2D eigenvalue weighted by Crippen LogP contribution is 2.46. The number of pyridine rings is 1. The van der Waals surface area contributed by atoms with E-state index in [0.717, 1.165) is 27.8 Å². The number of imidazole rings is 1. The number of hydrogen-bond acceptors (Lipinski definition) is 3. The van der Waals surface area contributed by atoms with Crippen molar-refractivity contribution in [2.45, 2.75) is 112 Å². The first kappa shape index (κ1) is 31.6. The third-order valence-electron chi connectivity index (χ3n) is 11.7. The van der Waals surface area contributed by atoms with Crippen molar-refractivity contribution in [2.75, 3.05) is 0 Å². The van der Waals surface area contributed by atoms with E-state index in [1.807, 2.05) is 86.0 Å². The lowest BCUT2D eigenvalue weighted by molar-refractivity contribution is 0.446. The number of benzene rings is 6. The lowest BCUT2D eigenvalue weighted by atomic mass is 9.79. The molecule has 2 aromatic heterocycles. The van der Waals surface area contributed by atoms with E-state index in [1.54, 1.807) is 12.1 Å². The van der Waals surface area contributed by atoms with Crippen LogP contribution in [-0.4, -0.2) is 19.6 Å². The fourth-order valence-corrected chi connectivity index (χ4v) is 7.99. The standard InChI is InChI=1S/C59H63N3O/c1-37-22-27-51(47(30-37)39-23-25-43(26-24-39)56(2,3)4)62-52-21-17-20-46(53(52)61-55(62)48-35-45(58(8,9)10)36-49(54(48)63)59(11,12)13)41-31-42(33-44(32-41)57(5,6)7)50-34-40(28-29-60-50)38-18-15-14-16-19-38/h14-36,63H,1-13H3/i1D3,14D,15D,16D,18D,19D,28D,29D,34D. The Hall–Kier alpha value is -6.26. The Bertz CT molecular complexity index is 3540. The molecule has 2 heterocycles. The third kappa shape index (κ3) is 8.61. The van der Waals surface area contributed by atoms with Gasteiger partial charge in [0.05, 0.1) is 38.9 Å². The van der Waals surface area contributed by atoms with Crippen LogP contribution < -0.4 is 0 Å². The van der Waals surface area contributed by atoms with Gasteiger partial charge in [-0.3, -0.25) is 9.55 Å². The predicted octanol–water partition coefficient (Wildman–Crippen LogP) is 16.0. The van der Waals surface area contributed by atoms with Crippen LogP contribution in [0.1, 0.15) is 126 Å². The van der Waals surface area contributed by atoms with Crippen LogP contribution >= 0.6 is 0 Å². The number of phenols is 1. The number of para-hydroxylation sites is 1. The normalized spacial score (nSPS) is 15.3. The summed E-state index contributed by atoms with van der Waals surface area (Å²) in [4.78, 5) is 9.99. The van der Waals surface area contributed by atoms with Gasteiger partial charge in [0.15, 0.2) is 0 Å². The van der Waals surface area contributed by atoms with Crippen LogP contribution in [0.3, 0.4) is 0 Å². The van der Waals surface area contributed by atoms with E-state index < -0.39 is 60.1 Å². The van der Waals surface area contributed by atoms with Crippen LogP contribution in [0.5, 0.6) is 5.75 Å². The summed E-state index contributed by atoms with van der Waals surface area (Å²) >= 11 is 0. The molecule has 4 nitrogen and oxygen atoms in total. The van der Waals surface area contributed by atoms with Gasteiger partial charge < -0.3 is 5.11 Å². The fraction of sp³-hybridized carbons (Fsp3) is 0.288. The predicted molar refractivity (Wildman–Crippen MR) is 267 cm³/mol. The summed E-state index contributed by atoms with van der Waals surface area (Å²) in [6.07, 6.45) is -0.536. The van der Waals surface area contributed by atoms with Crippen LogP contribution in [0.15, 0.2) is 139 Å². The van der Waals surface area contributed by atoms with E-state index in [9.17, 15) is 6.48 Å². The molecule has 1 N–H and O–H groups in total. The summed E-state index contributed by atoms with van der Waals surface area (Å²) in [7, 11) is 0. The molecule has 6 aromatic carbocycles. The quantitative estimate of drug-likeness (QED) is 0.181. The van der Waals surface area contributed by atoms with E-state index in [-0.39, 0.29) is 45.0 Å². The van der Waals surface area contributed by atoms with Crippen molar-refractivity contribution in [1.82, 2.24) is 14.5 Å². The Balaban J connectivity index is 1.50. The Morgan fingerprint density at radius 1 is 0.556 bits per heavy atom. The molecule has 0 radical (unpaired) electrons. The number of fused-ring (bicyclic) bond motifs is 1. The van der Waals surface area contributed by atoms with Crippen molar-refractivity contribution in [2.24, 2.45) is 0 Å². The summed E-state index contributed by atoms with van der Waals surface area (Å²) in [5, 5.41) is 12.6. The molecule has 0 spiro atoms. The van der Waals surface area contributed by atoms with Gasteiger partial charge in [-0.05, 0) is 116 Å². The maximum absolute atomic E-state index is 12.6. The van der Waals surface area contributed by atoms with Crippen molar-refractivity contribution >= 4 is 11.0 Å². The molecule has 0 aliphatic rings. The number of aryl methyl sites for hydroxylation is 1. The van der Waals surface area contributed by atoms with Gasteiger partial charge in [0.1, 0.15) is 11.6 Å². The zero-order valence-corrected chi connectivity index (χ0v) is 38.4. The minimum atomic E-state index is -2.42. The Kier molecular flexibility index (Phi) is 7.93. The van der Waals surface area contributed by atoms with Crippen LogP contribution in [0.2, 0.25) is 0 Å². The molecular weight excluding hydrogens is 767 g/mol. The average Bonchev–Trinajstić information content (AvgIpc) is 3.70. The minimum Gasteiger partial charge on any atom is -0.507 e. The molecule has 4 heteroatoms. The molecule has 0 bridgehead atoms. The van der Waals surface area contributed by atoms with Gasteiger partial charge >= 0.3 is 0 Å². The number of nitrogens with zero attached hydrogens (tertiary/aromatic N) is 3. The molecule has 0 amide bonds. The molecule has 0 unspecified atom stereocenters. The zero-order valence-electron chi connectivity index (χ0n) is 49.4. The first-order valence-corrected chi connectivity index (χ1v) is 21.5. The Labute approximate surface area is 391 Å². The maximum Gasteiger partial charge on any atom is 0.149 e. The molecule has 8 rings (SSSR count). The number of hydrogen-bond donors (Lipinski definition) is 1. The van der Waals surface area contributed by atoms with Crippen molar-refractivity contribution in [3.05, 3.63) is 167 Å². The summed E-state index contributed by atoms with van der Waals surface area (Å²) < 4.78 is 97.2. The molecule has 8 aromatic rings. The van der Waals surface area contributed by atoms with Crippen LogP contribution in [-0.2, 0) is 21.7 Å². The number of phenolic OH excluding ortho intramolecular Hbond substituents is 1. The third-order valence-corrected chi connectivity index (χ3v) is 11.7. The molecule has 320 valence electrons. The van der Waals surface area contributed by atoms with Crippen LogP contribution in [0.25, 0.3) is 72.7 Å². The first-order chi connectivity index (χ1) is 34.1. The molecule has 0 aliphatic carbocycles. The van der Waals surface area contributed by atoms with Crippen molar-refractivity contribution in [1.29, 1.82) is 0 Å². The first-order valence-electron chi connectivity index (χ1n) is 27.0. The van der Waals surface area contributed by atoms with E-state index >= 15 is 0 Å². The van der Waals surface area contributed by atoms with Gasteiger partial charge in [0.25, 0.3) is 0 Å². The fourth-order valence-electron chi connectivity index (χ4n) is 7.99. The largest absolute Gasteiger partial charge is 0.507 e. The Morgan fingerprint density at radius 3 is 1.87 bits per heavy atom. The number of aromatic nitrogens is 3. The topological polar surface area (TPSA) is 50.9 Å². The lowest BCUT2D eigenvalue weighted by Crippen LogP contribution is -2.17. The van der Waals surface area contributed by atoms with Gasteiger partial charge in [-0.25, -0.2) is 4.98 Å². The number of rotatable bonds is 6. The van der Waals surface area contributed by atoms with Crippen LogP contribution in [0, 0.1) is 6.85 Å². The average molecular weight is 841 g/mol. The number of aromatic hydroxyl groups is 1. The second kappa shape index (κ2) is 15.8. The van der Waals surface area contributed by atoms with Gasteiger partial charge in [0, 0.05) is 32.5 Å². The monoisotopic (exact) mass is 841 g/mol. The molecule has 0 saturated heterocycles. The highest BCUT2D eigenvalue weighted by atomic mass is 16.3. The summed E-state index contributed by atoms with van der Waals surface area (Å²) in [6, 6.07) is 24.8. The van der Waals surface area contributed by atoms with Crippen molar-refractivity contribution < 1.29 is 20.2 Å². The van der Waals surface area contributed by atoms with Gasteiger partial charge in [0.2, 0.25) is 0 Å². The molecular formula is C59H63N3O. The molecule has 0 aliphatic heterocycles. The van der Waals surface area contributed by atoms with Crippen LogP contribution in [0.4, 0.5) is 0 Å². The zero-order chi connectivity index (χ0) is 54.7. The smallest absolute Gasteiger partial charge is 0.149 e. The summed E-state index contributed by atoms with van der Waals surface area (Å²) in [5.41, 5.74) is 7.04. The molecule has 0 saturated carbocycles. The van der Waals surface area contributed by atoms with Crippen molar-refractivity contribution in [3.8, 4) is 67.5 Å². The lowest BCUT2D eigenvalue weighted by Gasteiger charge is -2.27. The summed E-state index contributed by atoms with van der Waals surface area (Å²) in [6.45, 7) is 22.6. The van der Waals surface area contributed by atoms with Gasteiger partial charge in [-0.2, -0.15) is 0 Å². The van der Waals surface area contributed by atoms with E-state index in [2.05, 4.69) is 85.5 Å². The van der Waals surface area contributed by atoms with E-state index in [1.165, 1.54) is 0 Å². The maximum atomic E-state index is 12.6. The second-order valence-electron chi connectivity index (χ2n) is 20.7. The Morgan fingerprint density at radius 2 is 1.22 bits per heavy atom. The van der Waals surface area contributed by atoms with Crippen molar-refractivity contribution in [3.63, 3.8) is 0 Å². The van der Waals surface area contributed by atoms with Gasteiger partial charge in [-0.1, -0.05) is 173 Å². The van der Waals surface area contributed by atoms with E-state index in [0.29, 0.717) is 50.4 Å². The van der Waals surface area contributed by atoms with E-state index in [4.69, 9.17) is 18.7 Å². The summed E-state index contributed by atoms with van der Waals surface area (Å²) in [5.74, 6) is 0.468.